The van der Waals surface area contributed by atoms with Crippen molar-refractivity contribution in [1.29, 1.82) is 0 Å². The normalized spacial score (nSPS) is 13.0. The lowest BCUT2D eigenvalue weighted by Gasteiger charge is -2.08. The van der Waals surface area contributed by atoms with Gasteiger partial charge in [0.25, 0.3) is 0 Å². The molecule has 0 aromatic heterocycles. The number of hydrogen-bond acceptors (Lipinski definition) is 4. The zero-order valence-corrected chi connectivity index (χ0v) is 14.1. The van der Waals surface area contributed by atoms with Crippen LogP contribution in [0, 0.1) is 0 Å². The van der Waals surface area contributed by atoms with E-state index in [1.54, 1.807) is 0 Å². The molecule has 5 heteroatoms. The van der Waals surface area contributed by atoms with Gasteiger partial charge < -0.3 is 9.84 Å². The fourth-order valence-electron chi connectivity index (χ4n) is 3.03. The Labute approximate surface area is 142 Å². The first-order valence-electron chi connectivity index (χ1n) is 8.71. The molecule has 0 aliphatic carbocycles. The molecule has 0 bridgehead atoms. The minimum atomic E-state index is -1.08. The number of ether oxygens (including phenoxy) is 1. The van der Waals surface area contributed by atoms with Crippen molar-refractivity contribution in [3.05, 3.63) is 34.4 Å². The van der Waals surface area contributed by atoms with E-state index >= 15 is 0 Å². The van der Waals surface area contributed by atoms with Gasteiger partial charge in [0, 0.05) is 0 Å². The molecule has 1 aliphatic rings. The summed E-state index contributed by atoms with van der Waals surface area (Å²) in [6.45, 7) is 2.19. The second-order valence-corrected chi connectivity index (χ2v) is 6.26. The van der Waals surface area contributed by atoms with E-state index in [-0.39, 0.29) is 16.7 Å². The number of carboxylic acid groups (broad SMARTS) is 1. The Morgan fingerprint density at radius 2 is 1.46 bits per heavy atom. The monoisotopic (exact) mass is 332 g/mol. The Hall–Kier alpha value is -2.17. The third-order valence-corrected chi connectivity index (χ3v) is 4.40. The molecule has 1 aromatic rings. The number of carbonyl (C=O) groups is 3. The van der Waals surface area contributed by atoms with E-state index in [1.165, 1.54) is 44.2 Å². The first-order valence-corrected chi connectivity index (χ1v) is 8.71. The van der Waals surface area contributed by atoms with Crippen LogP contribution >= 0.6 is 0 Å². The number of rotatable bonds is 10. The van der Waals surface area contributed by atoms with Gasteiger partial charge in [0.1, 0.15) is 0 Å². The third-order valence-electron chi connectivity index (χ3n) is 4.40. The predicted molar refractivity (Wildman–Crippen MR) is 89.5 cm³/mol. The summed E-state index contributed by atoms with van der Waals surface area (Å²) in [4.78, 5) is 34.6. The first-order chi connectivity index (χ1) is 11.5. The Kier molecular flexibility index (Phi) is 6.53. The summed E-state index contributed by atoms with van der Waals surface area (Å²) in [5, 5.41) is 9.34. The highest BCUT2D eigenvalue weighted by Crippen LogP contribution is 2.25. The van der Waals surface area contributed by atoms with Gasteiger partial charge in [0.05, 0.1) is 16.7 Å². The molecule has 1 N–H and O–H groups in total. The second kappa shape index (κ2) is 8.62. The van der Waals surface area contributed by atoms with Crippen LogP contribution in [0.3, 0.4) is 0 Å². The number of benzene rings is 1. The van der Waals surface area contributed by atoms with E-state index < -0.39 is 17.9 Å². The van der Waals surface area contributed by atoms with E-state index in [9.17, 15) is 19.5 Å². The molecule has 1 aromatic carbocycles. The van der Waals surface area contributed by atoms with Crippen LogP contribution < -0.4 is 0 Å². The maximum absolute atomic E-state index is 11.6. The lowest BCUT2D eigenvalue weighted by atomic mass is 9.95. The molecule has 0 fully saturated rings. The van der Waals surface area contributed by atoms with E-state index in [0.717, 1.165) is 19.3 Å². The highest BCUT2D eigenvalue weighted by atomic mass is 16.6. The number of aryl methyl sites for hydroxylation is 1. The molecule has 0 saturated heterocycles. The van der Waals surface area contributed by atoms with Gasteiger partial charge in [-0.2, -0.15) is 0 Å². The van der Waals surface area contributed by atoms with Crippen molar-refractivity contribution in [2.24, 2.45) is 0 Å². The number of cyclic esters (lactones) is 2. The molecule has 0 unspecified atom stereocenters. The molecule has 0 atom stereocenters. The molecule has 0 amide bonds. The highest BCUT2D eigenvalue weighted by Gasteiger charge is 2.31. The average Bonchev–Trinajstić information content (AvgIpc) is 2.83. The van der Waals surface area contributed by atoms with E-state index in [1.807, 2.05) is 0 Å². The Bertz CT molecular complexity index is 633. The summed E-state index contributed by atoms with van der Waals surface area (Å²) in [7, 11) is 0. The van der Waals surface area contributed by atoms with Crippen LogP contribution in [0.25, 0.3) is 0 Å². The van der Waals surface area contributed by atoms with E-state index in [0.29, 0.717) is 12.0 Å². The van der Waals surface area contributed by atoms with Crippen molar-refractivity contribution in [1.82, 2.24) is 0 Å². The van der Waals surface area contributed by atoms with Gasteiger partial charge in [-0.3, -0.25) is 0 Å². The number of fused-ring (bicyclic) bond motifs is 1. The number of carboxylic acids is 1. The van der Waals surface area contributed by atoms with Crippen molar-refractivity contribution < 1.29 is 24.2 Å². The molecule has 130 valence electrons. The number of esters is 2. The molecule has 1 heterocycles. The number of hydrogen-bond donors (Lipinski definition) is 1. The Morgan fingerprint density at radius 1 is 0.917 bits per heavy atom. The first kappa shape index (κ1) is 18.2. The van der Waals surface area contributed by atoms with E-state index in [4.69, 9.17) is 0 Å². The molecular formula is C19H24O5. The summed E-state index contributed by atoms with van der Waals surface area (Å²) in [6.07, 6.45) is 9.88. The largest absolute Gasteiger partial charge is 0.478 e. The third kappa shape index (κ3) is 4.43. The molecule has 24 heavy (non-hydrogen) atoms. The highest BCUT2D eigenvalue weighted by molar-refractivity contribution is 6.15. The predicted octanol–water partition coefficient (Wildman–Crippen LogP) is 4.38. The van der Waals surface area contributed by atoms with Crippen molar-refractivity contribution in [3.63, 3.8) is 0 Å². The smallest absolute Gasteiger partial charge is 0.346 e. The lowest BCUT2D eigenvalue weighted by Crippen LogP contribution is -2.06. The van der Waals surface area contributed by atoms with Gasteiger partial charge in [-0.25, -0.2) is 14.4 Å². The maximum Gasteiger partial charge on any atom is 0.346 e. The topological polar surface area (TPSA) is 80.7 Å². The molecule has 0 spiro atoms. The number of carbonyl (C=O) groups excluding carboxylic acids is 2. The Balaban J connectivity index is 1.93. The van der Waals surface area contributed by atoms with Crippen molar-refractivity contribution >= 4 is 17.9 Å². The van der Waals surface area contributed by atoms with Crippen LogP contribution in [0.2, 0.25) is 0 Å². The van der Waals surface area contributed by atoms with Gasteiger partial charge in [0.15, 0.2) is 0 Å². The zero-order chi connectivity index (χ0) is 17.5. The minimum absolute atomic E-state index is 0.0528. The van der Waals surface area contributed by atoms with Crippen LogP contribution in [-0.4, -0.2) is 23.0 Å². The lowest BCUT2D eigenvalue weighted by molar-refractivity contribution is 0.0443. The van der Waals surface area contributed by atoms with Crippen LogP contribution in [0.4, 0.5) is 0 Å². The average molecular weight is 332 g/mol. The molecule has 0 saturated carbocycles. The van der Waals surface area contributed by atoms with Crippen LogP contribution in [0.5, 0.6) is 0 Å². The summed E-state index contributed by atoms with van der Waals surface area (Å²) in [5.41, 5.74) is 0.916. The summed E-state index contributed by atoms with van der Waals surface area (Å²) in [6, 6.07) is 2.78. The van der Waals surface area contributed by atoms with Gasteiger partial charge in [0.2, 0.25) is 0 Å². The SMILES string of the molecule is CCCCCCCCCCc1cc2c(cc1C(=O)O)C(=O)OC2=O. The molecule has 0 radical (unpaired) electrons. The van der Waals surface area contributed by atoms with Gasteiger partial charge >= 0.3 is 17.9 Å². The molecule has 5 nitrogen and oxygen atoms in total. The van der Waals surface area contributed by atoms with Gasteiger partial charge in [-0.1, -0.05) is 51.9 Å². The zero-order valence-electron chi connectivity index (χ0n) is 14.1. The Morgan fingerprint density at radius 3 is 2.04 bits per heavy atom. The minimum Gasteiger partial charge on any atom is -0.478 e. The van der Waals surface area contributed by atoms with Crippen LogP contribution in [0.15, 0.2) is 12.1 Å². The summed E-state index contributed by atoms with van der Waals surface area (Å²) < 4.78 is 4.54. The van der Waals surface area contributed by atoms with E-state index in [2.05, 4.69) is 11.7 Å². The summed E-state index contributed by atoms with van der Waals surface area (Å²) in [5.74, 6) is -2.54. The standard InChI is InChI=1S/C19H24O5/c1-2-3-4-5-6-7-8-9-10-13-11-15-16(12-14(13)17(20)21)19(23)24-18(15)22/h11-12H,2-10H2,1H3,(H,20,21). The molecular weight excluding hydrogens is 308 g/mol. The van der Waals surface area contributed by atoms with Gasteiger partial charge in [-0.15, -0.1) is 0 Å². The fourth-order valence-corrected chi connectivity index (χ4v) is 3.03. The van der Waals surface area contributed by atoms with Gasteiger partial charge in [-0.05, 0) is 30.5 Å². The van der Waals surface area contributed by atoms with Crippen molar-refractivity contribution in [2.75, 3.05) is 0 Å². The van der Waals surface area contributed by atoms with Crippen molar-refractivity contribution in [2.45, 2.75) is 64.7 Å². The molecule has 2 rings (SSSR count). The molecule has 1 aliphatic heterocycles. The van der Waals surface area contributed by atoms with Crippen LogP contribution in [0.1, 0.15) is 94.9 Å². The number of unbranched alkanes of at least 4 members (excludes halogenated alkanes) is 7. The maximum atomic E-state index is 11.6. The quantitative estimate of drug-likeness (QED) is 0.391. The second-order valence-electron chi connectivity index (χ2n) is 6.26. The van der Waals surface area contributed by atoms with Crippen molar-refractivity contribution in [3.8, 4) is 0 Å². The number of aromatic carboxylic acids is 1. The fraction of sp³-hybridized carbons (Fsp3) is 0.526. The van der Waals surface area contributed by atoms with Crippen LogP contribution in [-0.2, 0) is 11.2 Å². The summed E-state index contributed by atoms with van der Waals surface area (Å²) >= 11 is 0.